The van der Waals surface area contributed by atoms with E-state index in [1.165, 1.54) is 19.2 Å². The third-order valence-electron chi connectivity index (χ3n) is 5.78. The van der Waals surface area contributed by atoms with Crippen LogP contribution < -0.4 is 31.0 Å². The molecule has 4 aromatic carbocycles. The van der Waals surface area contributed by atoms with Gasteiger partial charge in [0.05, 0.1) is 20.3 Å². The van der Waals surface area contributed by atoms with Crippen molar-refractivity contribution in [3.05, 3.63) is 116 Å². The molecule has 0 radical (unpaired) electrons. The minimum absolute atomic E-state index is 0.0227. The molecule has 7 heteroatoms. The molecule has 0 aliphatic rings. The van der Waals surface area contributed by atoms with Gasteiger partial charge in [-0.25, -0.2) is 4.39 Å². The first-order chi connectivity index (χ1) is 16.4. The van der Waals surface area contributed by atoms with E-state index in [-0.39, 0.29) is 29.3 Å². The SMILES string of the molecule is COc1ccccc1C(NC(C)c1cccc(F)c1)c1cccc(Nc2c(OC)c(=O)c2=O)c1. The average Bonchev–Trinajstić information content (AvgIpc) is 2.87. The van der Waals surface area contributed by atoms with Crippen LogP contribution in [0.5, 0.6) is 11.5 Å². The lowest BCUT2D eigenvalue weighted by atomic mass is 9.95. The summed E-state index contributed by atoms with van der Waals surface area (Å²) in [5.74, 6) is 0.427. The number of halogens is 1. The van der Waals surface area contributed by atoms with Crippen molar-refractivity contribution < 1.29 is 13.9 Å². The molecule has 2 unspecified atom stereocenters. The van der Waals surface area contributed by atoms with E-state index in [9.17, 15) is 14.0 Å². The van der Waals surface area contributed by atoms with Crippen molar-refractivity contribution in [2.45, 2.75) is 19.0 Å². The van der Waals surface area contributed by atoms with Crippen molar-refractivity contribution in [2.24, 2.45) is 0 Å². The van der Waals surface area contributed by atoms with Crippen LogP contribution >= 0.6 is 0 Å². The summed E-state index contributed by atoms with van der Waals surface area (Å²) < 4.78 is 24.5. The highest BCUT2D eigenvalue weighted by atomic mass is 19.1. The number of anilines is 2. The number of methoxy groups -OCH3 is 2. The Labute approximate surface area is 196 Å². The van der Waals surface area contributed by atoms with E-state index in [2.05, 4.69) is 10.6 Å². The van der Waals surface area contributed by atoms with E-state index in [4.69, 9.17) is 9.47 Å². The molecule has 2 N–H and O–H groups in total. The zero-order valence-electron chi connectivity index (χ0n) is 19.1. The number of benzene rings is 3. The molecule has 0 spiro atoms. The van der Waals surface area contributed by atoms with Crippen LogP contribution in [0.1, 0.15) is 35.7 Å². The Hall–Kier alpha value is -3.97. The monoisotopic (exact) mass is 460 g/mol. The maximum absolute atomic E-state index is 13.8. The summed E-state index contributed by atoms with van der Waals surface area (Å²) in [6.45, 7) is 1.97. The molecule has 2 atom stereocenters. The molecule has 4 rings (SSSR count). The van der Waals surface area contributed by atoms with Crippen LogP contribution in [0, 0.1) is 5.82 Å². The Morgan fingerprint density at radius 1 is 0.824 bits per heavy atom. The molecular formula is C27H25FN2O4. The zero-order valence-corrected chi connectivity index (χ0v) is 19.1. The Morgan fingerprint density at radius 2 is 1.56 bits per heavy atom. The zero-order chi connectivity index (χ0) is 24.2. The van der Waals surface area contributed by atoms with Gasteiger partial charge in [-0.05, 0) is 48.4 Å². The van der Waals surface area contributed by atoms with Gasteiger partial charge in [-0.1, -0.05) is 42.5 Å². The molecule has 174 valence electrons. The van der Waals surface area contributed by atoms with Gasteiger partial charge < -0.3 is 14.8 Å². The predicted octanol–water partition coefficient (Wildman–Crippen LogP) is 4.62. The molecule has 0 bridgehead atoms. The summed E-state index contributed by atoms with van der Waals surface area (Å²) in [6, 6.07) is 21.1. The molecule has 0 aromatic heterocycles. The summed E-state index contributed by atoms with van der Waals surface area (Å²) in [5.41, 5.74) is 2.11. The van der Waals surface area contributed by atoms with Gasteiger partial charge in [0.1, 0.15) is 17.3 Å². The van der Waals surface area contributed by atoms with E-state index in [1.54, 1.807) is 19.2 Å². The second-order valence-corrected chi connectivity index (χ2v) is 7.94. The summed E-state index contributed by atoms with van der Waals surface area (Å²) >= 11 is 0. The van der Waals surface area contributed by atoms with E-state index < -0.39 is 10.9 Å². The number of rotatable bonds is 9. The van der Waals surface area contributed by atoms with Gasteiger partial charge in [-0.2, -0.15) is 0 Å². The Morgan fingerprint density at radius 3 is 2.29 bits per heavy atom. The second kappa shape index (κ2) is 9.89. The van der Waals surface area contributed by atoms with Crippen LogP contribution in [0.15, 0.2) is 82.4 Å². The first kappa shape index (κ1) is 23.2. The first-order valence-electron chi connectivity index (χ1n) is 10.8. The van der Waals surface area contributed by atoms with Gasteiger partial charge in [-0.3, -0.25) is 14.9 Å². The van der Waals surface area contributed by atoms with Gasteiger partial charge >= 0.3 is 0 Å². The van der Waals surface area contributed by atoms with Crippen LogP contribution in [-0.2, 0) is 0 Å². The number of hydrogen-bond donors (Lipinski definition) is 2. The van der Waals surface area contributed by atoms with Crippen LogP contribution in [0.2, 0.25) is 0 Å². The Balaban J connectivity index is 1.72. The molecule has 4 aromatic rings. The summed E-state index contributed by atoms with van der Waals surface area (Å²) in [6.07, 6.45) is 0. The lowest BCUT2D eigenvalue weighted by molar-refractivity contribution is 0.400. The Bertz CT molecular complexity index is 1380. The van der Waals surface area contributed by atoms with Crippen molar-refractivity contribution in [1.29, 1.82) is 0 Å². The Kier molecular flexibility index (Phi) is 6.75. The standard InChI is InChI=1S/C27H25FN2O4/c1-16(17-8-6-10-19(28)14-17)29-23(21-12-4-5-13-22(21)33-2)18-9-7-11-20(15-18)30-24-25(31)26(32)27(24)34-3/h4-16,23,29-30H,1-3H3. The van der Waals surface area contributed by atoms with E-state index in [1.807, 2.05) is 55.5 Å². The summed E-state index contributed by atoms with van der Waals surface area (Å²) in [5, 5.41) is 6.58. The molecule has 0 heterocycles. The van der Waals surface area contributed by atoms with Crippen LogP contribution in [-0.4, -0.2) is 14.2 Å². The molecule has 0 saturated carbocycles. The van der Waals surface area contributed by atoms with E-state index in [0.717, 1.165) is 16.7 Å². The molecule has 0 aliphatic carbocycles. The highest BCUT2D eigenvalue weighted by molar-refractivity contribution is 5.70. The predicted molar refractivity (Wildman–Crippen MR) is 130 cm³/mol. The van der Waals surface area contributed by atoms with Crippen LogP contribution in [0.3, 0.4) is 0 Å². The fourth-order valence-electron chi connectivity index (χ4n) is 4.01. The maximum atomic E-state index is 13.8. The van der Waals surface area contributed by atoms with Crippen molar-refractivity contribution in [3.8, 4) is 11.5 Å². The highest BCUT2D eigenvalue weighted by Crippen LogP contribution is 2.34. The number of para-hydroxylation sites is 1. The second-order valence-electron chi connectivity index (χ2n) is 7.94. The molecule has 0 aliphatic heterocycles. The molecule has 0 fully saturated rings. The average molecular weight is 461 g/mol. The summed E-state index contributed by atoms with van der Waals surface area (Å²) in [7, 11) is 2.97. The lowest BCUT2D eigenvalue weighted by Crippen LogP contribution is -2.34. The van der Waals surface area contributed by atoms with Crippen molar-refractivity contribution in [1.82, 2.24) is 5.32 Å². The van der Waals surface area contributed by atoms with E-state index in [0.29, 0.717) is 11.4 Å². The molecule has 34 heavy (non-hydrogen) atoms. The third kappa shape index (κ3) is 4.56. The fourth-order valence-corrected chi connectivity index (χ4v) is 4.01. The molecular weight excluding hydrogens is 435 g/mol. The molecule has 0 amide bonds. The van der Waals surface area contributed by atoms with Crippen molar-refractivity contribution in [3.63, 3.8) is 0 Å². The first-order valence-corrected chi connectivity index (χ1v) is 10.8. The lowest BCUT2D eigenvalue weighted by Gasteiger charge is -2.26. The quantitative estimate of drug-likeness (QED) is 0.355. The number of ether oxygens (including phenoxy) is 2. The number of nitrogens with one attached hydrogen (secondary N) is 2. The van der Waals surface area contributed by atoms with Crippen molar-refractivity contribution in [2.75, 3.05) is 19.5 Å². The molecule has 6 nitrogen and oxygen atoms in total. The van der Waals surface area contributed by atoms with Crippen molar-refractivity contribution >= 4 is 11.4 Å². The van der Waals surface area contributed by atoms with Crippen LogP contribution in [0.4, 0.5) is 15.8 Å². The molecule has 0 saturated heterocycles. The smallest absolute Gasteiger partial charge is 0.272 e. The van der Waals surface area contributed by atoms with Gasteiger partial charge in [0.15, 0.2) is 5.75 Å². The minimum atomic E-state index is -0.640. The van der Waals surface area contributed by atoms with Gasteiger partial charge in [-0.15, -0.1) is 0 Å². The largest absolute Gasteiger partial charge is 0.496 e. The maximum Gasteiger partial charge on any atom is 0.272 e. The van der Waals surface area contributed by atoms with E-state index >= 15 is 0 Å². The third-order valence-corrected chi connectivity index (χ3v) is 5.78. The normalized spacial score (nSPS) is 12.8. The number of hydrogen-bond acceptors (Lipinski definition) is 6. The minimum Gasteiger partial charge on any atom is -0.496 e. The topological polar surface area (TPSA) is 76.7 Å². The van der Waals surface area contributed by atoms with Gasteiger partial charge in [0, 0.05) is 17.3 Å². The summed E-state index contributed by atoms with van der Waals surface area (Å²) in [4.78, 5) is 23.7. The fraction of sp³-hybridized carbons (Fsp3) is 0.185. The van der Waals surface area contributed by atoms with Gasteiger partial charge in [0.25, 0.3) is 10.9 Å². The van der Waals surface area contributed by atoms with Crippen LogP contribution in [0.25, 0.3) is 0 Å². The van der Waals surface area contributed by atoms with Gasteiger partial charge in [0.2, 0.25) is 0 Å². The highest BCUT2D eigenvalue weighted by Gasteiger charge is 2.24.